The number of carbonyl (C=O) groups is 1. The highest BCUT2D eigenvalue weighted by molar-refractivity contribution is 7.09. The smallest absolute Gasteiger partial charge is 0.254 e. The minimum Gasteiger partial charge on any atom is -0.486 e. The van der Waals surface area contributed by atoms with E-state index < -0.39 is 0 Å². The molecule has 0 bridgehead atoms. The lowest BCUT2D eigenvalue weighted by Crippen LogP contribution is -2.30. The SMILES string of the molecule is CCN(Cc1csc(COc2cccc(C)c2C)n1)C(=O)c1cccc(C)c1. The second kappa shape index (κ2) is 9.02. The molecule has 0 N–H and O–H groups in total. The van der Waals surface area contributed by atoms with Crippen molar-refractivity contribution in [3.63, 3.8) is 0 Å². The van der Waals surface area contributed by atoms with E-state index in [1.807, 2.05) is 60.5 Å². The van der Waals surface area contributed by atoms with Gasteiger partial charge in [-0.15, -0.1) is 11.3 Å². The summed E-state index contributed by atoms with van der Waals surface area (Å²) in [6, 6.07) is 13.8. The Morgan fingerprint density at radius 2 is 1.93 bits per heavy atom. The molecule has 3 rings (SSSR count). The zero-order valence-corrected chi connectivity index (χ0v) is 17.7. The van der Waals surface area contributed by atoms with E-state index in [2.05, 4.69) is 24.9 Å². The van der Waals surface area contributed by atoms with Crippen LogP contribution in [0.4, 0.5) is 0 Å². The summed E-state index contributed by atoms with van der Waals surface area (Å²) >= 11 is 1.57. The third-order valence-corrected chi connectivity index (χ3v) is 5.66. The summed E-state index contributed by atoms with van der Waals surface area (Å²) in [5.41, 5.74) is 5.06. The van der Waals surface area contributed by atoms with Crippen LogP contribution in [0.25, 0.3) is 0 Å². The monoisotopic (exact) mass is 394 g/mol. The van der Waals surface area contributed by atoms with Crippen LogP contribution in [0.1, 0.15) is 44.7 Å². The van der Waals surface area contributed by atoms with Crippen LogP contribution >= 0.6 is 11.3 Å². The molecule has 0 unspecified atom stereocenters. The molecule has 0 saturated heterocycles. The maximum absolute atomic E-state index is 12.8. The van der Waals surface area contributed by atoms with Gasteiger partial charge in [-0.05, 0) is 57.0 Å². The number of benzene rings is 2. The molecule has 1 aromatic heterocycles. The highest BCUT2D eigenvalue weighted by Gasteiger charge is 2.16. The van der Waals surface area contributed by atoms with Gasteiger partial charge in [0.2, 0.25) is 0 Å². The van der Waals surface area contributed by atoms with Crippen molar-refractivity contribution in [3.05, 3.63) is 80.8 Å². The maximum atomic E-state index is 12.8. The van der Waals surface area contributed by atoms with Crippen molar-refractivity contribution in [2.24, 2.45) is 0 Å². The molecule has 1 heterocycles. The molecule has 5 heteroatoms. The van der Waals surface area contributed by atoms with Gasteiger partial charge in [0, 0.05) is 17.5 Å². The van der Waals surface area contributed by atoms with Gasteiger partial charge in [0.15, 0.2) is 0 Å². The van der Waals surface area contributed by atoms with Crippen molar-refractivity contribution < 1.29 is 9.53 Å². The van der Waals surface area contributed by atoms with Gasteiger partial charge >= 0.3 is 0 Å². The summed E-state index contributed by atoms with van der Waals surface area (Å²) in [6.07, 6.45) is 0. The number of rotatable bonds is 7. The van der Waals surface area contributed by atoms with Gasteiger partial charge in [-0.1, -0.05) is 29.8 Å². The summed E-state index contributed by atoms with van der Waals surface area (Å²) in [5.74, 6) is 0.925. The van der Waals surface area contributed by atoms with Gasteiger partial charge in [-0.25, -0.2) is 4.98 Å². The number of nitrogens with zero attached hydrogens (tertiary/aromatic N) is 2. The van der Waals surface area contributed by atoms with Crippen LogP contribution in [0, 0.1) is 20.8 Å². The molecule has 0 fully saturated rings. The van der Waals surface area contributed by atoms with Crippen LogP contribution in [-0.2, 0) is 13.2 Å². The summed E-state index contributed by atoms with van der Waals surface area (Å²) in [5, 5.41) is 2.92. The normalized spacial score (nSPS) is 10.7. The number of carbonyl (C=O) groups excluding carboxylic acids is 1. The topological polar surface area (TPSA) is 42.4 Å². The highest BCUT2D eigenvalue weighted by atomic mass is 32.1. The average molecular weight is 395 g/mol. The van der Waals surface area contributed by atoms with E-state index in [1.54, 1.807) is 11.3 Å². The molecule has 146 valence electrons. The molecule has 0 radical (unpaired) electrons. The fourth-order valence-electron chi connectivity index (χ4n) is 2.99. The molecular formula is C23H26N2O2S. The Morgan fingerprint density at radius 1 is 1.14 bits per heavy atom. The summed E-state index contributed by atoms with van der Waals surface area (Å²) < 4.78 is 5.95. The van der Waals surface area contributed by atoms with Gasteiger partial charge < -0.3 is 9.64 Å². The Balaban J connectivity index is 1.64. The number of ether oxygens (including phenoxy) is 1. The number of hydrogen-bond donors (Lipinski definition) is 0. The number of amides is 1. The Bertz CT molecular complexity index is 965. The highest BCUT2D eigenvalue weighted by Crippen LogP contribution is 2.22. The van der Waals surface area contributed by atoms with Crippen molar-refractivity contribution in [1.29, 1.82) is 0 Å². The second-order valence-electron chi connectivity index (χ2n) is 6.91. The van der Waals surface area contributed by atoms with Gasteiger partial charge in [0.1, 0.15) is 17.4 Å². The lowest BCUT2D eigenvalue weighted by atomic mass is 10.1. The molecule has 0 saturated carbocycles. The molecule has 1 amide bonds. The zero-order valence-electron chi connectivity index (χ0n) is 16.9. The van der Waals surface area contributed by atoms with Crippen molar-refractivity contribution in [2.45, 2.75) is 40.8 Å². The second-order valence-corrected chi connectivity index (χ2v) is 7.85. The fraction of sp³-hybridized carbons (Fsp3) is 0.304. The zero-order chi connectivity index (χ0) is 20.1. The van der Waals surface area contributed by atoms with Gasteiger partial charge in [0.05, 0.1) is 12.2 Å². The quantitative estimate of drug-likeness (QED) is 0.545. The van der Waals surface area contributed by atoms with E-state index >= 15 is 0 Å². The van der Waals surface area contributed by atoms with E-state index in [1.165, 1.54) is 5.56 Å². The number of hydrogen-bond acceptors (Lipinski definition) is 4. The Kier molecular flexibility index (Phi) is 6.47. The van der Waals surface area contributed by atoms with E-state index in [4.69, 9.17) is 4.74 Å². The van der Waals surface area contributed by atoms with E-state index in [0.717, 1.165) is 33.1 Å². The average Bonchev–Trinajstić information content (AvgIpc) is 3.14. The third kappa shape index (κ3) is 4.78. The van der Waals surface area contributed by atoms with Crippen molar-refractivity contribution >= 4 is 17.2 Å². The maximum Gasteiger partial charge on any atom is 0.254 e. The van der Waals surface area contributed by atoms with Gasteiger partial charge in [0.25, 0.3) is 5.91 Å². The predicted molar refractivity (Wildman–Crippen MR) is 114 cm³/mol. The molecule has 28 heavy (non-hydrogen) atoms. The molecule has 4 nitrogen and oxygen atoms in total. The molecule has 0 aliphatic heterocycles. The molecular weight excluding hydrogens is 368 g/mol. The standard InChI is InChI=1S/C23H26N2O2S/c1-5-25(23(26)19-10-6-8-16(2)12-19)13-20-15-28-22(24-20)14-27-21-11-7-9-17(3)18(21)4/h6-12,15H,5,13-14H2,1-4H3. The molecule has 0 aliphatic carbocycles. The minimum atomic E-state index is 0.0346. The van der Waals surface area contributed by atoms with Gasteiger partial charge in [-0.2, -0.15) is 0 Å². The lowest BCUT2D eigenvalue weighted by Gasteiger charge is -2.20. The first kappa shape index (κ1) is 20.1. The fourth-order valence-corrected chi connectivity index (χ4v) is 3.69. The summed E-state index contributed by atoms with van der Waals surface area (Å²) in [7, 11) is 0. The third-order valence-electron chi connectivity index (χ3n) is 4.79. The van der Waals surface area contributed by atoms with Crippen molar-refractivity contribution in [2.75, 3.05) is 6.54 Å². The minimum absolute atomic E-state index is 0.0346. The Hall–Kier alpha value is -2.66. The summed E-state index contributed by atoms with van der Waals surface area (Å²) in [6.45, 7) is 9.71. The first-order valence-corrected chi connectivity index (χ1v) is 10.3. The lowest BCUT2D eigenvalue weighted by molar-refractivity contribution is 0.0750. The summed E-state index contributed by atoms with van der Waals surface area (Å²) in [4.78, 5) is 19.3. The molecule has 0 spiro atoms. The number of aryl methyl sites for hydroxylation is 2. The van der Waals surface area contributed by atoms with Crippen LogP contribution in [0.15, 0.2) is 47.8 Å². The Morgan fingerprint density at radius 3 is 2.68 bits per heavy atom. The largest absolute Gasteiger partial charge is 0.486 e. The first-order chi connectivity index (χ1) is 13.5. The Labute approximate surface area is 170 Å². The van der Waals surface area contributed by atoms with E-state index in [0.29, 0.717) is 19.7 Å². The van der Waals surface area contributed by atoms with E-state index in [9.17, 15) is 4.79 Å². The molecule has 3 aromatic rings. The van der Waals surface area contributed by atoms with Crippen LogP contribution in [0.2, 0.25) is 0 Å². The number of thiazole rings is 1. The van der Waals surface area contributed by atoms with Crippen LogP contribution in [0.5, 0.6) is 5.75 Å². The van der Waals surface area contributed by atoms with Gasteiger partial charge in [-0.3, -0.25) is 4.79 Å². The van der Waals surface area contributed by atoms with Crippen LogP contribution in [-0.4, -0.2) is 22.3 Å². The van der Waals surface area contributed by atoms with Crippen molar-refractivity contribution in [3.8, 4) is 5.75 Å². The van der Waals surface area contributed by atoms with Crippen LogP contribution < -0.4 is 4.74 Å². The van der Waals surface area contributed by atoms with Crippen LogP contribution in [0.3, 0.4) is 0 Å². The van der Waals surface area contributed by atoms with E-state index in [-0.39, 0.29) is 5.91 Å². The molecule has 0 atom stereocenters. The molecule has 2 aromatic carbocycles. The van der Waals surface area contributed by atoms with Crippen molar-refractivity contribution in [1.82, 2.24) is 9.88 Å². The predicted octanol–water partition coefficient (Wildman–Crippen LogP) is 5.31. The first-order valence-electron chi connectivity index (χ1n) is 9.46. The number of aromatic nitrogens is 1. The molecule has 0 aliphatic rings.